The van der Waals surface area contributed by atoms with Crippen LogP contribution in [0.15, 0.2) is 28.7 Å². The second-order valence-corrected chi connectivity index (χ2v) is 5.75. The van der Waals surface area contributed by atoms with Gasteiger partial charge in [-0.1, -0.05) is 18.2 Å². The van der Waals surface area contributed by atoms with Crippen LogP contribution in [-0.2, 0) is 0 Å². The van der Waals surface area contributed by atoms with Crippen LogP contribution in [-0.4, -0.2) is 11.1 Å². The molecule has 88 valence electrons. The zero-order valence-electron chi connectivity index (χ0n) is 9.45. The quantitative estimate of drug-likeness (QED) is 0.887. The number of rotatable bonds is 2. The SMILES string of the molecule is Cc1cccc(-c2cc(Br)c(C(=O)O)s2)c1C. The minimum atomic E-state index is -0.890. The molecule has 1 aromatic carbocycles. The van der Waals surface area contributed by atoms with Crippen LogP contribution in [0.2, 0.25) is 0 Å². The van der Waals surface area contributed by atoms with E-state index in [1.165, 1.54) is 22.5 Å². The van der Waals surface area contributed by atoms with Gasteiger partial charge in [-0.2, -0.15) is 0 Å². The highest BCUT2D eigenvalue weighted by Gasteiger charge is 2.15. The molecule has 0 atom stereocenters. The third kappa shape index (κ3) is 2.28. The number of carboxylic acid groups (broad SMARTS) is 1. The topological polar surface area (TPSA) is 37.3 Å². The number of aryl methyl sites for hydroxylation is 1. The lowest BCUT2D eigenvalue weighted by atomic mass is 10.0. The Hall–Kier alpha value is -1.13. The van der Waals surface area contributed by atoms with Crippen molar-refractivity contribution in [1.82, 2.24) is 0 Å². The Morgan fingerprint density at radius 1 is 1.35 bits per heavy atom. The molecule has 0 unspecified atom stereocenters. The van der Waals surface area contributed by atoms with Crippen molar-refractivity contribution in [1.29, 1.82) is 0 Å². The van der Waals surface area contributed by atoms with Gasteiger partial charge in [0.05, 0.1) is 0 Å². The van der Waals surface area contributed by atoms with Crippen molar-refractivity contribution < 1.29 is 9.90 Å². The zero-order chi connectivity index (χ0) is 12.6. The molecule has 2 nitrogen and oxygen atoms in total. The molecule has 4 heteroatoms. The van der Waals surface area contributed by atoms with Crippen LogP contribution in [0.4, 0.5) is 0 Å². The molecule has 2 rings (SSSR count). The lowest BCUT2D eigenvalue weighted by Gasteiger charge is -2.05. The number of aromatic carboxylic acids is 1. The van der Waals surface area contributed by atoms with Crippen molar-refractivity contribution in [2.75, 3.05) is 0 Å². The summed E-state index contributed by atoms with van der Waals surface area (Å²) in [6.07, 6.45) is 0. The Labute approximate surface area is 112 Å². The van der Waals surface area contributed by atoms with Gasteiger partial charge >= 0.3 is 5.97 Å². The first-order valence-electron chi connectivity index (χ1n) is 5.10. The molecule has 0 radical (unpaired) electrons. The van der Waals surface area contributed by atoms with Gasteiger partial charge in [0.25, 0.3) is 0 Å². The van der Waals surface area contributed by atoms with Crippen LogP contribution in [0.1, 0.15) is 20.8 Å². The van der Waals surface area contributed by atoms with E-state index >= 15 is 0 Å². The monoisotopic (exact) mass is 310 g/mol. The summed E-state index contributed by atoms with van der Waals surface area (Å²) in [5, 5.41) is 9.03. The largest absolute Gasteiger partial charge is 0.477 e. The molecular weight excluding hydrogens is 300 g/mol. The van der Waals surface area contributed by atoms with Crippen LogP contribution >= 0.6 is 27.3 Å². The fraction of sp³-hybridized carbons (Fsp3) is 0.154. The van der Waals surface area contributed by atoms with Crippen molar-refractivity contribution in [2.45, 2.75) is 13.8 Å². The normalized spacial score (nSPS) is 10.5. The van der Waals surface area contributed by atoms with Crippen molar-refractivity contribution in [3.8, 4) is 10.4 Å². The molecule has 17 heavy (non-hydrogen) atoms. The molecule has 0 fully saturated rings. The Kier molecular flexibility index (Phi) is 3.35. The van der Waals surface area contributed by atoms with E-state index in [0.29, 0.717) is 9.35 Å². The van der Waals surface area contributed by atoms with Gasteiger partial charge in [-0.3, -0.25) is 0 Å². The molecule has 0 bridgehead atoms. The maximum absolute atomic E-state index is 11.0. The standard InChI is InChI=1S/C13H11BrO2S/c1-7-4-3-5-9(8(7)2)11-6-10(14)12(17-11)13(15)16/h3-6H,1-2H3,(H,15,16). The molecule has 2 aromatic rings. The van der Waals surface area contributed by atoms with Gasteiger partial charge in [0, 0.05) is 9.35 Å². The molecule has 1 heterocycles. The molecule has 0 spiro atoms. The number of thiophene rings is 1. The van der Waals surface area contributed by atoms with Crippen LogP contribution in [0.3, 0.4) is 0 Å². The minimum Gasteiger partial charge on any atom is -0.477 e. The van der Waals surface area contributed by atoms with E-state index in [-0.39, 0.29) is 0 Å². The van der Waals surface area contributed by atoms with Crippen LogP contribution in [0.25, 0.3) is 10.4 Å². The summed E-state index contributed by atoms with van der Waals surface area (Å²) in [5.74, 6) is -0.890. The number of carboxylic acids is 1. The molecule has 0 amide bonds. The summed E-state index contributed by atoms with van der Waals surface area (Å²) in [5.41, 5.74) is 3.50. The highest BCUT2D eigenvalue weighted by molar-refractivity contribution is 9.10. The number of carbonyl (C=O) groups is 1. The maximum atomic E-state index is 11.0. The molecule has 1 aromatic heterocycles. The molecule has 0 aliphatic carbocycles. The Bertz CT molecular complexity index is 587. The number of halogens is 1. The van der Waals surface area contributed by atoms with E-state index in [1.54, 1.807) is 0 Å². The molecular formula is C13H11BrO2S. The van der Waals surface area contributed by atoms with E-state index in [0.717, 1.165) is 10.4 Å². The fourth-order valence-electron chi connectivity index (χ4n) is 1.67. The highest BCUT2D eigenvalue weighted by atomic mass is 79.9. The van der Waals surface area contributed by atoms with E-state index < -0.39 is 5.97 Å². The second kappa shape index (κ2) is 4.63. The number of benzene rings is 1. The first-order chi connectivity index (χ1) is 8.00. The van der Waals surface area contributed by atoms with E-state index in [1.807, 2.05) is 18.2 Å². The van der Waals surface area contributed by atoms with E-state index in [4.69, 9.17) is 5.11 Å². The molecule has 0 aliphatic heterocycles. The summed E-state index contributed by atoms with van der Waals surface area (Å²) in [7, 11) is 0. The molecule has 0 saturated carbocycles. The van der Waals surface area contributed by atoms with Crippen molar-refractivity contribution in [2.24, 2.45) is 0 Å². The minimum absolute atomic E-state index is 0.348. The van der Waals surface area contributed by atoms with Gasteiger partial charge in [-0.05, 0) is 52.5 Å². The van der Waals surface area contributed by atoms with E-state index in [9.17, 15) is 4.79 Å². The maximum Gasteiger partial charge on any atom is 0.347 e. The van der Waals surface area contributed by atoms with E-state index in [2.05, 4.69) is 35.8 Å². The highest BCUT2D eigenvalue weighted by Crippen LogP contribution is 2.36. The molecule has 0 aliphatic rings. The summed E-state index contributed by atoms with van der Waals surface area (Å²) in [4.78, 5) is 12.3. The summed E-state index contributed by atoms with van der Waals surface area (Å²) in [6.45, 7) is 4.11. The zero-order valence-corrected chi connectivity index (χ0v) is 11.9. The second-order valence-electron chi connectivity index (χ2n) is 3.84. The summed E-state index contributed by atoms with van der Waals surface area (Å²) in [6, 6.07) is 7.94. The summed E-state index contributed by atoms with van der Waals surface area (Å²) >= 11 is 4.58. The Morgan fingerprint density at radius 2 is 2.06 bits per heavy atom. The lowest BCUT2D eigenvalue weighted by molar-refractivity contribution is 0.0701. The predicted molar refractivity (Wildman–Crippen MR) is 73.9 cm³/mol. The van der Waals surface area contributed by atoms with Crippen LogP contribution in [0, 0.1) is 13.8 Å². The first-order valence-corrected chi connectivity index (χ1v) is 6.71. The van der Waals surface area contributed by atoms with Crippen molar-refractivity contribution >= 4 is 33.2 Å². The average molecular weight is 311 g/mol. The molecule has 1 N–H and O–H groups in total. The van der Waals surface area contributed by atoms with Crippen LogP contribution < -0.4 is 0 Å². The third-order valence-corrected chi connectivity index (χ3v) is 4.80. The number of hydrogen-bond donors (Lipinski definition) is 1. The Morgan fingerprint density at radius 3 is 2.65 bits per heavy atom. The Balaban J connectivity index is 2.58. The summed E-state index contributed by atoms with van der Waals surface area (Å²) < 4.78 is 0.644. The van der Waals surface area contributed by atoms with Gasteiger partial charge < -0.3 is 5.11 Å². The molecule has 0 saturated heterocycles. The predicted octanol–water partition coefficient (Wildman–Crippen LogP) is 4.49. The number of hydrogen-bond acceptors (Lipinski definition) is 2. The fourth-order valence-corrected chi connectivity index (χ4v) is 3.43. The van der Waals surface area contributed by atoms with Gasteiger partial charge in [0.1, 0.15) is 4.88 Å². The average Bonchev–Trinajstić information content (AvgIpc) is 2.64. The lowest BCUT2D eigenvalue weighted by Crippen LogP contribution is -1.91. The first kappa shape index (κ1) is 12.3. The van der Waals surface area contributed by atoms with Gasteiger partial charge in [-0.25, -0.2) is 4.79 Å². The van der Waals surface area contributed by atoms with Gasteiger partial charge in [0.15, 0.2) is 0 Å². The van der Waals surface area contributed by atoms with Crippen molar-refractivity contribution in [3.63, 3.8) is 0 Å². The van der Waals surface area contributed by atoms with Gasteiger partial charge in [-0.15, -0.1) is 11.3 Å². The van der Waals surface area contributed by atoms with Crippen molar-refractivity contribution in [3.05, 3.63) is 44.7 Å². The third-order valence-electron chi connectivity index (χ3n) is 2.75. The van der Waals surface area contributed by atoms with Gasteiger partial charge in [0.2, 0.25) is 0 Å². The van der Waals surface area contributed by atoms with Crippen LogP contribution in [0.5, 0.6) is 0 Å². The smallest absolute Gasteiger partial charge is 0.347 e.